The number of carbonyl (C=O) groups is 2. The normalized spacial score (nSPS) is 11.2. The summed E-state index contributed by atoms with van der Waals surface area (Å²) in [5.41, 5.74) is 1.40. The number of hydrogen-bond acceptors (Lipinski definition) is 5. The van der Waals surface area contributed by atoms with Crippen molar-refractivity contribution >= 4 is 27.6 Å². The van der Waals surface area contributed by atoms with Gasteiger partial charge in [-0.1, -0.05) is 60.7 Å². The van der Waals surface area contributed by atoms with Crippen LogP contribution in [0.15, 0.2) is 89.8 Å². The summed E-state index contributed by atoms with van der Waals surface area (Å²) in [6.45, 7) is -0.285. The molecule has 0 fully saturated rings. The number of benzene rings is 3. The lowest BCUT2D eigenvalue weighted by Gasteiger charge is -2.22. The van der Waals surface area contributed by atoms with Gasteiger partial charge in [-0.2, -0.15) is 4.31 Å². The number of hydrogen-bond donors (Lipinski definition) is 1. The van der Waals surface area contributed by atoms with E-state index in [1.165, 1.54) is 25.3 Å². The van der Waals surface area contributed by atoms with Crippen LogP contribution in [0.4, 0.5) is 5.69 Å². The molecule has 0 aromatic heterocycles. The molecule has 0 aliphatic carbocycles. The molecule has 0 aliphatic heterocycles. The van der Waals surface area contributed by atoms with Crippen molar-refractivity contribution in [3.8, 4) is 0 Å². The number of ether oxygens (including phenoxy) is 1. The van der Waals surface area contributed by atoms with Gasteiger partial charge in [0.05, 0.1) is 29.8 Å². The van der Waals surface area contributed by atoms with Crippen molar-refractivity contribution in [1.82, 2.24) is 4.31 Å². The Kier molecular flexibility index (Phi) is 7.75. The van der Waals surface area contributed by atoms with E-state index in [2.05, 4.69) is 5.32 Å². The molecular formula is C24H24N2O5S. The molecule has 0 radical (unpaired) electrons. The van der Waals surface area contributed by atoms with Gasteiger partial charge in [-0.05, 0) is 36.2 Å². The molecule has 166 valence electrons. The first-order valence-electron chi connectivity index (χ1n) is 9.98. The molecule has 0 saturated heterocycles. The van der Waals surface area contributed by atoms with E-state index < -0.39 is 28.4 Å². The lowest BCUT2D eigenvalue weighted by atomic mass is 10.1. The molecule has 1 N–H and O–H groups in total. The number of sulfonamides is 1. The van der Waals surface area contributed by atoms with Gasteiger partial charge in [-0.15, -0.1) is 0 Å². The van der Waals surface area contributed by atoms with Crippen LogP contribution in [0, 0.1) is 0 Å². The van der Waals surface area contributed by atoms with Crippen molar-refractivity contribution in [2.75, 3.05) is 25.5 Å². The number of anilines is 1. The maximum Gasteiger partial charge on any atom is 0.339 e. The third kappa shape index (κ3) is 5.81. The number of rotatable bonds is 9. The average molecular weight is 453 g/mol. The highest BCUT2D eigenvalue weighted by Crippen LogP contribution is 2.19. The van der Waals surface area contributed by atoms with Crippen molar-refractivity contribution in [2.24, 2.45) is 0 Å². The third-order valence-electron chi connectivity index (χ3n) is 4.80. The zero-order chi connectivity index (χ0) is 23.0. The van der Waals surface area contributed by atoms with Gasteiger partial charge in [0, 0.05) is 6.54 Å². The van der Waals surface area contributed by atoms with Gasteiger partial charge in [0.2, 0.25) is 15.9 Å². The van der Waals surface area contributed by atoms with Crippen LogP contribution < -0.4 is 5.32 Å². The maximum absolute atomic E-state index is 13.2. The molecule has 3 aromatic rings. The molecule has 1 amide bonds. The summed E-state index contributed by atoms with van der Waals surface area (Å²) >= 11 is 0. The van der Waals surface area contributed by atoms with E-state index >= 15 is 0 Å². The molecule has 0 spiro atoms. The Labute approximate surface area is 187 Å². The molecule has 8 heteroatoms. The molecule has 0 saturated carbocycles. The molecular weight excluding hydrogens is 428 g/mol. The first-order valence-corrected chi connectivity index (χ1v) is 11.4. The van der Waals surface area contributed by atoms with Crippen LogP contribution in [0.25, 0.3) is 0 Å². The smallest absolute Gasteiger partial charge is 0.339 e. The van der Waals surface area contributed by atoms with Crippen molar-refractivity contribution in [3.63, 3.8) is 0 Å². The third-order valence-corrected chi connectivity index (χ3v) is 6.66. The van der Waals surface area contributed by atoms with E-state index in [-0.39, 0.29) is 22.7 Å². The Hall–Kier alpha value is -3.49. The highest BCUT2D eigenvalue weighted by atomic mass is 32.2. The van der Waals surface area contributed by atoms with Gasteiger partial charge >= 0.3 is 5.97 Å². The van der Waals surface area contributed by atoms with Gasteiger partial charge < -0.3 is 10.1 Å². The van der Waals surface area contributed by atoms with E-state index in [0.29, 0.717) is 6.42 Å². The predicted octanol–water partition coefficient (Wildman–Crippen LogP) is 3.35. The number of para-hydroxylation sites is 1. The fraction of sp³-hybridized carbons (Fsp3) is 0.167. The highest BCUT2D eigenvalue weighted by molar-refractivity contribution is 7.89. The fourth-order valence-corrected chi connectivity index (χ4v) is 4.57. The van der Waals surface area contributed by atoms with Crippen LogP contribution >= 0.6 is 0 Å². The van der Waals surface area contributed by atoms with E-state index in [1.807, 2.05) is 30.3 Å². The lowest BCUT2D eigenvalue weighted by Crippen LogP contribution is -2.39. The molecule has 0 aliphatic rings. The summed E-state index contributed by atoms with van der Waals surface area (Å²) in [6.07, 6.45) is 0.443. The quantitative estimate of drug-likeness (QED) is 0.503. The second-order valence-corrected chi connectivity index (χ2v) is 8.91. The van der Waals surface area contributed by atoms with E-state index in [4.69, 9.17) is 4.74 Å². The van der Waals surface area contributed by atoms with E-state index in [0.717, 1.165) is 9.87 Å². The zero-order valence-electron chi connectivity index (χ0n) is 17.6. The number of carbonyl (C=O) groups excluding carboxylic acids is 2. The predicted molar refractivity (Wildman–Crippen MR) is 122 cm³/mol. The first kappa shape index (κ1) is 23.2. The molecule has 0 unspecified atom stereocenters. The van der Waals surface area contributed by atoms with Crippen molar-refractivity contribution < 1.29 is 22.7 Å². The number of nitrogens with one attached hydrogen (secondary N) is 1. The topological polar surface area (TPSA) is 92.8 Å². The lowest BCUT2D eigenvalue weighted by molar-refractivity contribution is -0.116. The Bertz CT molecular complexity index is 1170. The Balaban J connectivity index is 1.82. The van der Waals surface area contributed by atoms with E-state index in [9.17, 15) is 18.0 Å². The minimum absolute atomic E-state index is 0.107. The molecule has 3 rings (SSSR count). The van der Waals surface area contributed by atoms with Crippen LogP contribution in [-0.4, -0.2) is 44.8 Å². The van der Waals surface area contributed by atoms with Crippen LogP contribution in [0.2, 0.25) is 0 Å². The van der Waals surface area contributed by atoms with Crippen molar-refractivity contribution in [3.05, 3.63) is 96.1 Å². The number of nitrogens with zero attached hydrogens (tertiary/aromatic N) is 1. The van der Waals surface area contributed by atoms with Gasteiger partial charge in [-0.3, -0.25) is 4.79 Å². The second kappa shape index (κ2) is 10.7. The molecule has 32 heavy (non-hydrogen) atoms. The molecule has 0 heterocycles. The molecule has 0 atom stereocenters. The zero-order valence-corrected chi connectivity index (χ0v) is 18.4. The summed E-state index contributed by atoms with van der Waals surface area (Å²) in [5.74, 6) is -1.16. The van der Waals surface area contributed by atoms with Crippen LogP contribution in [0.3, 0.4) is 0 Å². The largest absolute Gasteiger partial charge is 0.465 e. The van der Waals surface area contributed by atoms with Crippen LogP contribution in [-0.2, 0) is 26.0 Å². The van der Waals surface area contributed by atoms with Gasteiger partial charge in [-0.25, -0.2) is 13.2 Å². The van der Waals surface area contributed by atoms with E-state index in [1.54, 1.807) is 36.4 Å². The summed E-state index contributed by atoms with van der Waals surface area (Å²) in [7, 11) is -2.66. The van der Waals surface area contributed by atoms with Crippen LogP contribution in [0.1, 0.15) is 15.9 Å². The molecule has 0 bridgehead atoms. The Morgan fingerprint density at radius 1 is 0.875 bits per heavy atom. The average Bonchev–Trinajstić information content (AvgIpc) is 2.82. The SMILES string of the molecule is COC(=O)c1ccccc1NC(=O)CN(CCc1ccccc1)S(=O)(=O)c1ccccc1. The van der Waals surface area contributed by atoms with Gasteiger partial charge in [0.15, 0.2) is 0 Å². The van der Waals surface area contributed by atoms with Gasteiger partial charge in [0.25, 0.3) is 0 Å². The number of methoxy groups -OCH3 is 1. The summed E-state index contributed by atoms with van der Waals surface area (Å²) < 4.78 is 32.4. The van der Waals surface area contributed by atoms with Crippen molar-refractivity contribution in [1.29, 1.82) is 0 Å². The first-order chi connectivity index (χ1) is 15.4. The standard InChI is InChI=1S/C24H24N2O5S/c1-31-24(28)21-14-8-9-15-22(21)25-23(27)18-26(17-16-19-10-4-2-5-11-19)32(29,30)20-12-6-3-7-13-20/h2-15H,16-18H2,1H3,(H,25,27). The van der Waals surface area contributed by atoms with Crippen LogP contribution in [0.5, 0.6) is 0 Å². The summed E-state index contributed by atoms with van der Waals surface area (Å²) in [4.78, 5) is 24.9. The highest BCUT2D eigenvalue weighted by Gasteiger charge is 2.27. The van der Waals surface area contributed by atoms with Crippen molar-refractivity contribution in [2.45, 2.75) is 11.3 Å². The molecule has 3 aromatic carbocycles. The summed E-state index contributed by atoms with van der Waals surface area (Å²) in [5, 5.41) is 2.63. The minimum atomic E-state index is -3.91. The monoisotopic (exact) mass is 452 g/mol. The maximum atomic E-state index is 13.2. The Morgan fingerprint density at radius 3 is 2.12 bits per heavy atom. The summed E-state index contributed by atoms with van der Waals surface area (Å²) in [6, 6.07) is 23.8. The Morgan fingerprint density at radius 2 is 1.47 bits per heavy atom. The minimum Gasteiger partial charge on any atom is -0.465 e. The fourth-order valence-electron chi connectivity index (χ4n) is 3.15. The molecule has 7 nitrogen and oxygen atoms in total. The van der Waals surface area contributed by atoms with Gasteiger partial charge in [0.1, 0.15) is 0 Å². The second-order valence-electron chi connectivity index (χ2n) is 6.97. The number of esters is 1. The number of amides is 1.